The Hall–Kier alpha value is -1.02. The molecular weight excluding hydrogens is 284 g/mol. The lowest BCUT2D eigenvalue weighted by Gasteiger charge is -2.32. The van der Waals surface area contributed by atoms with Crippen LogP contribution in [-0.2, 0) is 0 Å². The van der Waals surface area contributed by atoms with E-state index in [9.17, 15) is 22.7 Å². The Bertz CT molecular complexity index is 454. The number of aliphatic hydroxyl groups is 1. The van der Waals surface area contributed by atoms with E-state index < -0.39 is 34.8 Å². The fourth-order valence-electron chi connectivity index (χ4n) is 1.82. The first-order chi connectivity index (χ1) is 8.93. The van der Waals surface area contributed by atoms with Gasteiger partial charge in [0.15, 0.2) is 0 Å². The van der Waals surface area contributed by atoms with Crippen LogP contribution in [0.5, 0.6) is 0 Å². The SMILES string of the molecule is OC1(CNc2c(F)c(F)nc(F)c2F)CCSCC1. The second-order valence-corrected chi connectivity index (χ2v) is 5.61. The number of thioether (sulfide) groups is 1. The van der Waals surface area contributed by atoms with Crippen LogP contribution in [0.25, 0.3) is 0 Å². The van der Waals surface area contributed by atoms with Crippen molar-refractivity contribution in [3.8, 4) is 0 Å². The van der Waals surface area contributed by atoms with Gasteiger partial charge in [-0.1, -0.05) is 0 Å². The summed E-state index contributed by atoms with van der Waals surface area (Å²) in [5, 5.41) is 12.4. The molecule has 0 radical (unpaired) electrons. The van der Waals surface area contributed by atoms with E-state index in [4.69, 9.17) is 0 Å². The summed E-state index contributed by atoms with van der Waals surface area (Å²) in [6.07, 6.45) is 0.897. The maximum Gasteiger partial charge on any atom is 0.253 e. The van der Waals surface area contributed by atoms with Crippen molar-refractivity contribution >= 4 is 17.4 Å². The molecule has 0 amide bonds. The first kappa shape index (κ1) is 14.4. The lowest BCUT2D eigenvalue weighted by molar-refractivity contribution is 0.0452. The number of pyridine rings is 1. The number of hydrogen-bond acceptors (Lipinski definition) is 4. The predicted molar refractivity (Wildman–Crippen MR) is 64.1 cm³/mol. The van der Waals surface area contributed by atoms with Crippen molar-refractivity contribution in [2.24, 2.45) is 0 Å². The van der Waals surface area contributed by atoms with Gasteiger partial charge in [-0.25, -0.2) is 0 Å². The van der Waals surface area contributed by atoms with Crippen LogP contribution < -0.4 is 5.32 Å². The van der Waals surface area contributed by atoms with Crippen molar-refractivity contribution in [2.45, 2.75) is 18.4 Å². The summed E-state index contributed by atoms with van der Waals surface area (Å²) < 4.78 is 52.4. The average Bonchev–Trinajstić information content (AvgIpc) is 2.37. The van der Waals surface area contributed by atoms with Gasteiger partial charge in [-0.2, -0.15) is 34.3 Å². The molecule has 3 nitrogen and oxygen atoms in total. The smallest absolute Gasteiger partial charge is 0.253 e. The monoisotopic (exact) mass is 296 g/mol. The molecule has 1 aliphatic heterocycles. The van der Waals surface area contributed by atoms with Gasteiger partial charge in [0.1, 0.15) is 5.69 Å². The second-order valence-electron chi connectivity index (χ2n) is 4.39. The van der Waals surface area contributed by atoms with Gasteiger partial charge in [0.05, 0.1) is 5.60 Å². The molecule has 1 fully saturated rings. The third-order valence-electron chi connectivity index (χ3n) is 3.02. The molecule has 1 aliphatic rings. The van der Waals surface area contributed by atoms with Crippen LogP contribution in [-0.4, -0.2) is 33.7 Å². The van der Waals surface area contributed by atoms with Crippen LogP contribution in [0.2, 0.25) is 0 Å². The summed E-state index contributed by atoms with van der Waals surface area (Å²) in [4.78, 5) is 2.46. The normalized spacial score (nSPS) is 18.4. The van der Waals surface area contributed by atoms with E-state index >= 15 is 0 Å². The number of aromatic nitrogens is 1. The van der Waals surface area contributed by atoms with Gasteiger partial charge in [0, 0.05) is 6.54 Å². The molecule has 1 aromatic rings. The Kier molecular flexibility index (Phi) is 4.19. The van der Waals surface area contributed by atoms with Crippen molar-refractivity contribution in [3.05, 3.63) is 23.5 Å². The number of halogens is 4. The molecule has 106 valence electrons. The molecule has 19 heavy (non-hydrogen) atoms. The van der Waals surface area contributed by atoms with Gasteiger partial charge in [-0.15, -0.1) is 0 Å². The third-order valence-corrected chi connectivity index (χ3v) is 4.00. The minimum atomic E-state index is -1.72. The standard InChI is InChI=1S/C11H12F4N2OS/c12-6-8(7(13)10(15)17-9(6)14)16-5-11(18)1-3-19-4-2-11/h18H,1-5H2,(H,16,17). The zero-order chi connectivity index (χ0) is 14.0. The summed E-state index contributed by atoms with van der Waals surface area (Å²) >= 11 is 1.66. The van der Waals surface area contributed by atoms with Crippen LogP contribution in [0.1, 0.15) is 12.8 Å². The number of nitrogens with one attached hydrogen (secondary N) is 1. The van der Waals surface area contributed by atoms with Crippen molar-refractivity contribution < 1.29 is 22.7 Å². The van der Waals surface area contributed by atoms with Crippen molar-refractivity contribution in [1.29, 1.82) is 0 Å². The lowest BCUT2D eigenvalue weighted by atomic mass is 9.97. The highest BCUT2D eigenvalue weighted by molar-refractivity contribution is 7.99. The van der Waals surface area contributed by atoms with E-state index in [1.54, 1.807) is 11.8 Å². The Morgan fingerprint density at radius 2 is 1.63 bits per heavy atom. The lowest BCUT2D eigenvalue weighted by Crippen LogP contribution is -2.40. The molecule has 0 spiro atoms. The molecule has 0 atom stereocenters. The largest absolute Gasteiger partial charge is 0.388 e. The molecular formula is C11H12F4N2OS. The Balaban J connectivity index is 2.15. The molecule has 2 heterocycles. The molecule has 2 rings (SSSR count). The van der Waals surface area contributed by atoms with E-state index in [0.29, 0.717) is 12.8 Å². The molecule has 0 aliphatic carbocycles. The molecule has 2 N–H and O–H groups in total. The number of anilines is 1. The minimum absolute atomic E-state index is 0.176. The van der Waals surface area contributed by atoms with Crippen molar-refractivity contribution in [2.75, 3.05) is 23.4 Å². The first-order valence-electron chi connectivity index (χ1n) is 5.67. The maximum absolute atomic E-state index is 13.3. The van der Waals surface area contributed by atoms with Crippen LogP contribution in [0.15, 0.2) is 0 Å². The molecule has 0 saturated carbocycles. The fraction of sp³-hybridized carbons (Fsp3) is 0.545. The average molecular weight is 296 g/mol. The minimum Gasteiger partial charge on any atom is -0.388 e. The van der Waals surface area contributed by atoms with E-state index in [1.807, 2.05) is 0 Å². The first-order valence-corrected chi connectivity index (χ1v) is 6.82. The van der Waals surface area contributed by atoms with Gasteiger partial charge in [-0.3, -0.25) is 0 Å². The molecule has 1 saturated heterocycles. The zero-order valence-corrected chi connectivity index (χ0v) is 10.7. The van der Waals surface area contributed by atoms with Crippen molar-refractivity contribution in [1.82, 2.24) is 4.98 Å². The number of hydrogen-bond donors (Lipinski definition) is 2. The molecule has 0 bridgehead atoms. The van der Waals surface area contributed by atoms with Gasteiger partial charge >= 0.3 is 0 Å². The van der Waals surface area contributed by atoms with Crippen LogP contribution >= 0.6 is 11.8 Å². The summed E-state index contributed by atoms with van der Waals surface area (Å²) in [6.45, 7) is -0.176. The number of rotatable bonds is 3. The van der Waals surface area contributed by atoms with Crippen LogP contribution in [0.4, 0.5) is 23.2 Å². The molecule has 1 aromatic heterocycles. The Labute approximate surface area is 111 Å². The third kappa shape index (κ3) is 3.11. The quantitative estimate of drug-likeness (QED) is 0.664. The maximum atomic E-state index is 13.3. The highest BCUT2D eigenvalue weighted by Crippen LogP contribution is 2.28. The van der Waals surface area contributed by atoms with Gasteiger partial charge in [0.2, 0.25) is 11.6 Å². The van der Waals surface area contributed by atoms with E-state index in [1.165, 1.54) is 0 Å². The highest BCUT2D eigenvalue weighted by Gasteiger charge is 2.30. The summed E-state index contributed by atoms with van der Waals surface area (Å²) in [6, 6.07) is 0. The van der Waals surface area contributed by atoms with Gasteiger partial charge in [0.25, 0.3) is 11.9 Å². The van der Waals surface area contributed by atoms with Crippen LogP contribution in [0, 0.1) is 23.5 Å². The summed E-state index contributed by atoms with van der Waals surface area (Å²) in [5.41, 5.74) is -2.06. The Morgan fingerprint density at radius 1 is 1.11 bits per heavy atom. The molecule has 8 heteroatoms. The zero-order valence-electron chi connectivity index (χ0n) is 9.85. The van der Waals surface area contributed by atoms with E-state index in [-0.39, 0.29) is 6.54 Å². The number of nitrogens with zero attached hydrogens (tertiary/aromatic N) is 1. The van der Waals surface area contributed by atoms with Crippen molar-refractivity contribution in [3.63, 3.8) is 0 Å². The topological polar surface area (TPSA) is 45.1 Å². The second kappa shape index (κ2) is 5.54. The summed E-state index contributed by atoms with van der Waals surface area (Å²) in [7, 11) is 0. The van der Waals surface area contributed by atoms with Gasteiger partial charge < -0.3 is 10.4 Å². The molecule has 0 unspecified atom stereocenters. The highest BCUT2D eigenvalue weighted by atomic mass is 32.2. The van der Waals surface area contributed by atoms with E-state index in [2.05, 4.69) is 10.3 Å². The van der Waals surface area contributed by atoms with E-state index in [0.717, 1.165) is 11.5 Å². The Morgan fingerprint density at radius 3 is 2.16 bits per heavy atom. The fourth-order valence-corrected chi connectivity index (χ4v) is 3.08. The summed E-state index contributed by atoms with van der Waals surface area (Å²) in [5.74, 6) is -5.16. The van der Waals surface area contributed by atoms with Crippen LogP contribution in [0.3, 0.4) is 0 Å². The molecule has 0 aromatic carbocycles. The van der Waals surface area contributed by atoms with Gasteiger partial charge in [-0.05, 0) is 24.3 Å². The predicted octanol–water partition coefficient (Wildman–Crippen LogP) is 2.31.